The van der Waals surface area contributed by atoms with Gasteiger partial charge in [0.1, 0.15) is 6.04 Å². The highest BCUT2D eigenvalue weighted by atomic mass is 32.1. The number of carbonyl (C=O) groups excluding carboxylic acids is 1. The quantitative estimate of drug-likeness (QED) is 0.669. The molecule has 2 heterocycles. The van der Waals surface area contributed by atoms with Crippen molar-refractivity contribution in [1.82, 2.24) is 4.90 Å². The number of amides is 1. The summed E-state index contributed by atoms with van der Waals surface area (Å²) < 4.78 is 0.778. The molecule has 1 N–H and O–H groups in total. The smallest absolute Gasteiger partial charge is 0.326 e. The molecule has 2 aromatic rings. The van der Waals surface area contributed by atoms with Crippen LogP contribution in [0.1, 0.15) is 28.9 Å². The lowest BCUT2D eigenvalue weighted by Crippen LogP contribution is -2.43. The van der Waals surface area contributed by atoms with Gasteiger partial charge in [0.15, 0.2) is 0 Å². The van der Waals surface area contributed by atoms with Crippen LogP contribution in [0.3, 0.4) is 0 Å². The van der Waals surface area contributed by atoms with E-state index in [0.717, 1.165) is 24.0 Å². The summed E-state index contributed by atoms with van der Waals surface area (Å²) in [5.74, 6) is -0.928. The molecule has 1 saturated carbocycles. The van der Waals surface area contributed by atoms with Crippen molar-refractivity contribution in [3.63, 3.8) is 0 Å². The number of carbonyl (C=O) groups is 2. The standard InChI is InChI=1S/C17H16N2O5S/c20-16(18-8-9-2-1-3-12(9)15(18)17(21)22)14-7-10-6-11(19(23)24)4-5-13(10)25-14/h4-7,9,12,15H,1-3,8H2,(H,21,22). The number of carboxylic acids is 1. The largest absolute Gasteiger partial charge is 0.480 e. The number of nitro benzene ring substituents is 1. The van der Waals surface area contributed by atoms with Gasteiger partial charge in [-0.25, -0.2) is 4.79 Å². The molecule has 8 heteroatoms. The second kappa shape index (κ2) is 5.80. The molecule has 130 valence electrons. The molecule has 2 fully saturated rings. The number of hydrogen-bond acceptors (Lipinski definition) is 5. The molecule has 1 saturated heterocycles. The van der Waals surface area contributed by atoms with Crippen LogP contribution in [0.4, 0.5) is 5.69 Å². The minimum Gasteiger partial charge on any atom is -0.480 e. The summed E-state index contributed by atoms with van der Waals surface area (Å²) in [7, 11) is 0. The third kappa shape index (κ3) is 2.57. The third-order valence-corrected chi connectivity index (χ3v) is 6.43. The van der Waals surface area contributed by atoms with Crippen molar-refractivity contribution in [2.45, 2.75) is 25.3 Å². The van der Waals surface area contributed by atoms with E-state index in [-0.39, 0.29) is 23.4 Å². The molecule has 3 unspecified atom stereocenters. The molecule has 2 aliphatic rings. The van der Waals surface area contributed by atoms with Gasteiger partial charge in [0.25, 0.3) is 11.6 Å². The Labute approximate surface area is 147 Å². The Balaban J connectivity index is 1.67. The summed E-state index contributed by atoms with van der Waals surface area (Å²) in [6, 6.07) is 5.34. The van der Waals surface area contributed by atoms with Crippen LogP contribution in [-0.4, -0.2) is 39.4 Å². The van der Waals surface area contributed by atoms with Crippen LogP contribution in [-0.2, 0) is 4.79 Å². The molecular formula is C17H16N2O5S. The lowest BCUT2D eigenvalue weighted by atomic mass is 9.94. The number of fused-ring (bicyclic) bond motifs is 2. The van der Waals surface area contributed by atoms with Crippen LogP contribution >= 0.6 is 11.3 Å². The molecule has 3 atom stereocenters. The Morgan fingerprint density at radius 1 is 1.28 bits per heavy atom. The molecule has 0 radical (unpaired) electrons. The second-order valence-corrected chi connectivity index (χ2v) is 7.77. The number of non-ortho nitro benzene ring substituents is 1. The van der Waals surface area contributed by atoms with Crippen LogP contribution in [0.25, 0.3) is 10.1 Å². The van der Waals surface area contributed by atoms with Gasteiger partial charge < -0.3 is 10.0 Å². The highest BCUT2D eigenvalue weighted by Crippen LogP contribution is 2.43. The summed E-state index contributed by atoms with van der Waals surface area (Å²) in [4.78, 5) is 37.0. The Morgan fingerprint density at radius 3 is 2.80 bits per heavy atom. The van der Waals surface area contributed by atoms with Gasteiger partial charge in [-0.15, -0.1) is 11.3 Å². The fraction of sp³-hybridized carbons (Fsp3) is 0.412. The predicted molar refractivity (Wildman–Crippen MR) is 91.8 cm³/mol. The molecule has 4 rings (SSSR count). The van der Waals surface area contributed by atoms with Crippen molar-refractivity contribution >= 4 is 39.0 Å². The first-order valence-corrected chi connectivity index (χ1v) is 8.99. The zero-order valence-electron chi connectivity index (χ0n) is 13.3. The zero-order chi connectivity index (χ0) is 17.7. The number of likely N-dealkylation sites (tertiary alicyclic amines) is 1. The maximum absolute atomic E-state index is 12.9. The highest BCUT2D eigenvalue weighted by Gasteiger charge is 2.49. The van der Waals surface area contributed by atoms with Crippen LogP contribution in [0.2, 0.25) is 0 Å². The maximum atomic E-state index is 12.9. The van der Waals surface area contributed by atoms with Gasteiger partial charge in [-0.1, -0.05) is 6.42 Å². The van der Waals surface area contributed by atoms with Crippen molar-refractivity contribution in [1.29, 1.82) is 0 Å². The summed E-state index contributed by atoms with van der Waals surface area (Å²) in [6.45, 7) is 0.481. The monoisotopic (exact) mass is 360 g/mol. The average Bonchev–Trinajstić information content (AvgIpc) is 3.25. The number of aliphatic carboxylic acids is 1. The van der Waals surface area contributed by atoms with E-state index in [1.165, 1.54) is 28.4 Å². The van der Waals surface area contributed by atoms with E-state index < -0.39 is 16.9 Å². The molecular weight excluding hydrogens is 344 g/mol. The first kappa shape index (κ1) is 16.0. The normalized spacial score (nSPS) is 25.3. The molecule has 1 aromatic heterocycles. The fourth-order valence-corrected chi connectivity index (χ4v) is 5.22. The zero-order valence-corrected chi connectivity index (χ0v) is 14.1. The molecule has 25 heavy (non-hydrogen) atoms. The fourth-order valence-electron chi connectivity index (χ4n) is 4.22. The average molecular weight is 360 g/mol. The molecule has 7 nitrogen and oxygen atoms in total. The lowest BCUT2D eigenvalue weighted by molar-refractivity contribution is -0.384. The summed E-state index contributed by atoms with van der Waals surface area (Å²) >= 11 is 1.25. The summed E-state index contributed by atoms with van der Waals surface area (Å²) in [5.41, 5.74) is -0.0246. The first-order chi connectivity index (χ1) is 12.0. The Kier molecular flexibility index (Phi) is 3.72. The van der Waals surface area contributed by atoms with E-state index >= 15 is 0 Å². The van der Waals surface area contributed by atoms with Crippen LogP contribution in [0.5, 0.6) is 0 Å². The van der Waals surface area contributed by atoms with Crippen molar-refractivity contribution in [3.8, 4) is 0 Å². The van der Waals surface area contributed by atoms with Crippen LogP contribution in [0.15, 0.2) is 24.3 Å². The van der Waals surface area contributed by atoms with E-state index in [1.807, 2.05) is 0 Å². The SMILES string of the molecule is O=C(O)C1C2CCCC2CN1C(=O)c1cc2cc([N+](=O)[O-])ccc2s1. The third-order valence-electron chi connectivity index (χ3n) is 5.33. The van der Waals surface area contributed by atoms with Gasteiger partial charge in [0.2, 0.25) is 0 Å². The predicted octanol–water partition coefficient (Wildman–Crippen LogP) is 3.13. The number of thiophene rings is 1. The van der Waals surface area contributed by atoms with Gasteiger partial charge in [-0.3, -0.25) is 14.9 Å². The Hall–Kier alpha value is -2.48. The van der Waals surface area contributed by atoms with Gasteiger partial charge in [0, 0.05) is 28.8 Å². The topological polar surface area (TPSA) is 101 Å². The van der Waals surface area contributed by atoms with E-state index in [1.54, 1.807) is 12.1 Å². The Bertz CT molecular complexity index is 892. The van der Waals surface area contributed by atoms with Crippen LogP contribution < -0.4 is 0 Å². The molecule has 1 aromatic carbocycles. The van der Waals surface area contributed by atoms with E-state index in [2.05, 4.69) is 0 Å². The Morgan fingerprint density at radius 2 is 2.08 bits per heavy atom. The molecule has 1 aliphatic carbocycles. The van der Waals surface area contributed by atoms with Gasteiger partial charge in [0.05, 0.1) is 9.80 Å². The van der Waals surface area contributed by atoms with Crippen molar-refractivity contribution in [3.05, 3.63) is 39.3 Å². The van der Waals surface area contributed by atoms with Crippen molar-refractivity contribution < 1.29 is 19.6 Å². The van der Waals surface area contributed by atoms with E-state index in [0.29, 0.717) is 16.8 Å². The van der Waals surface area contributed by atoms with Gasteiger partial charge in [-0.05, 0) is 36.8 Å². The van der Waals surface area contributed by atoms with Crippen LogP contribution in [0, 0.1) is 22.0 Å². The van der Waals surface area contributed by atoms with Gasteiger partial charge in [-0.2, -0.15) is 0 Å². The van der Waals surface area contributed by atoms with E-state index in [4.69, 9.17) is 0 Å². The van der Waals surface area contributed by atoms with Crippen molar-refractivity contribution in [2.75, 3.05) is 6.54 Å². The highest BCUT2D eigenvalue weighted by molar-refractivity contribution is 7.20. The number of benzene rings is 1. The second-order valence-electron chi connectivity index (χ2n) is 6.69. The number of nitrogens with zero attached hydrogens (tertiary/aromatic N) is 2. The molecule has 1 amide bonds. The number of nitro groups is 1. The number of rotatable bonds is 3. The number of carboxylic acid groups (broad SMARTS) is 1. The minimum absolute atomic E-state index is 0.0246. The van der Waals surface area contributed by atoms with Crippen molar-refractivity contribution in [2.24, 2.45) is 11.8 Å². The molecule has 1 aliphatic heterocycles. The maximum Gasteiger partial charge on any atom is 0.326 e. The number of hydrogen-bond donors (Lipinski definition) is 1. The molecule has 0 spiro atoms. The lowest BCUT2D eigenvalue weighted by Gasteiger charge is -2.23. The summed E-state index contributed by atoms with van der Waals surface area (Å²) in [6.07, 6.45) is 2.84. The molecule has 0 bridgehead atoms. The first-order valence-electron chi connectivity index (χ1n) is 8.17. The van der Waals surface area contributed by atoms with Gasteiger partial charge >= 0.3 is 5.97 Å². The van der Waals surface area contributed by atoms with E-state index in [9.17, 15) is 24.8 Å². The minimum atomic E-state index is -0.945. The summed E-state index contributed by atoms with van der Waals surface area (Å²) in [5, 5.41) is 21.1.